The molecular formula is C14H21N3O2. The summed E-state index contributed by atoms with van der Waals surface area (Å²) in [6, 6.07) is 7.64. The number of carbonyl (C=O) groups is 1. The van der Waals surface area contributed by atoms with Gasteiger partial charge < -0.3 is 21.1 Å². The van der Waals surface area contributed by atoms with Gasteiger partial charge in [-0.15, -0.1) is 0 Å². The molecule has 1 aromatic rings. The number of methoxy groups -OCH3 is 1. The minimum Gasteiger partial charge on any atom is -0.381 e. The largest absolute Gasteiger partial charge is 0.381 e. The standard InChI is InChI=1S/C14H21N3O2/c1-19-13-6-7-17(12(8-13)9-15)11-4-2-10(3-5-11)14(16)18/h2-5,12-13H,6-9,15H2,1H3,(H2,16,18). The second-order valence-electron chi connectivity index (χ2n) is 4.88. The monoisotopic (exact) mass is 263 g/mol. The van der Waals surface area contributed by atoms with Crippen LogP contribution in [0.25, 0.3) is 0 Å². The van der Waals surface area contributed by atoms with Gasteiger partial charge in [0.1, 0.15) is 0 Å². The van der Waals surface area contributed by atoms with Gasteiger partial charge in [-0.2, -0.15) is 0 Å². The molecule has 1 saturated heterocycles. The SMILES string of the molecule is COC1CCN(c2ccc(C(N)=O)cc2)C(CN)C1. The number of hydrogen-bond acceptors (Lipinski definition) is 4. The van der Waals surface area contributed by atoms with E-state index in [9.17, 15) is 4.79 Å². The number of primary amides is 1. The van der Waals surface area contributed by atoms with Crippen molar-refractivity contribution in [1.29, 1.82) is 0 Å². The second kappa shape index (κ2) is 6.04. The first-order chi connectivity index (χ1) is 9.15. The molecular weight excluding hydrogens is 242 g/mol. The molecule has 1 aliphatic heterocycles. The van der Waals surface area contributed by atoms with E-state index in [1.807, 2.05) is 12.1 Å². The van der Waals surface area contributed by atoms with Crippen LogP contribution in [0.2, 0.25) is 0 Å². The Bertz CT molecular complexity index is 433. The lowest BCUT2D eigenvalue weighted by atomic mass is 9.98. The predicted octanol–water partition coefficient (Wildman–Crippen LogP) is 0.728. The number of piperidine rings is 1. The van der Waals surface area contributed by atoms with Gasteiger partial charge in [0.15, 0.2) is 0 Å². The molecule has 0 aliphatic carbocycles. The van der Waals surface area contributed by atoms with E-state index < -0.39 is 5.91 Å². The molecule has 0 radical (unpaired) electrons. The average molecular weight is 263 g/mol. The molecule has 0 spiro atoms. The molecule has 0 aromatic heterocycles. The van der Waals surface area contributed by atoms with Crippen molar-refractivity contribution < 1.29 is 9.53 Å². The zero-order valence-electron chi connectivity index (χ0n) is 11.2. The van der Waals surface area contributed by atoms with Crippen LogP contribution in [0, 0.1) is 0 Å². The van der Waals surface area contributed by atoms with Crippen LogP contribution in [0.1, 0.15) is 23.2 Å². The Kier molecular flexibility index (Phi) is 4.39. The van der Waals surface area contributed by atoms with Crippen molar-refractivity contribution in [2.24, 2.45) is 11.5 Å². The molecule has 0 bridgehead atoms. The minimum atomic E-state index is -0.403. The third-order valence-corrected chi connectivity index (χ3v) is 3.76. The molecule has 19 heavy (non-hydrogen) atoms. The zero-order valence-corrected chi connectivity index (χ0v) is 11.2. The number of nitrogens with two attached hydrogens (primary N) is 2. The summed E-state index contributed by atoms with van der Waals surface area (Å²) in [5.41, 5.74) is 12.7. The van der Waals surface area contributed by atoms with Gasteiger partial charge in [-0.1, -0.05) is 0 Å². The lowest BCUT2D eigenvalue weighted by Gasteiger charge is -2.40. The third kappa shape index (κ3) is 3.05. The zero-order chi connectivity index (χ0) is 13.8. The molecule has 1 aromatic carbocycles. The molecule has 5 heteroatoms. The predicted molar refractivity (Wildman–Crippen MR) is 75.2 cm³/mol. The Morgan fingerprint density at radius 2 is 2.11 bits per heavy atom. The van der Waals surface area contributed by atoms with Gasteiger partial charge in [0.05, 0.1) is 6.10 Å². The lowest BCUT2D eigenvalue weighted by Crippen LogP contribution is -2.48. The van der Waals surface area contributed by atoms with Gasteiger partial charge in [0, 0.05) is 37.5 Å². The van der Waals surface area contributed by atoms with Crippen LogP contribution in [-0.2, 0) is 4.74 Å². The molecule has 4 N–H and O–H groups in total. The average Bonchev–Trinajstić information content (AvgIpc) is 2.46. The third-order valence-electron chi connectivity index (χ3n) is 3.76. The lowest BCUT2D eigenvalue weighted by molar-refractivity contribution is 0.0709. The molecule has 1 fully saturated rings. The minimum absolute atomic E-state index is 0.276. The van der Waals surface area contributed by atoms with E-state index in [2.05, 4.69) is 4.90 Å². The number of ether oxygens (including phenoxy) is 1. The first-order valence-corrected chi connectivity index (χ1v) is 6.55. The number of carbonyl (C=O) groups excluding carboxylic acids is 1. The molecule has 2 unspecified atom stereocenters. The summed E-state index contributed by atoms with van der Waals surface area (Å²) in [7, 11) is 1.75. The molecule has 1 aliphatic rings. The van der Waals surface area contributed by atoms with Crippen LogP contribution in [0.4, 0.5) is 5.69 Å². The summed E-state index contributed by atoms with van der Waals surface area (Å²) in [4.78, 5) is 13.3. The summed E-state index contributed by atoms with van der Waals surface area (Å²) < 4.78 is 5.41. The number of rotatable bonds is 4. The molecule has 2 rings (SSSR count). The number of nitrogens with zero attached hydrogens (tertiary/aromatic N) is 1. The maximum Gasteiger partial charge on any atom is 0.248 e. The maximum atomic E-state index is 11.1. The van der Waals surface area contributed by atoms with Crippen molar-refractivity contribution in [3.05, 3.63) is 29.8 Å². The Morgan fingerprint density at radius 1 is 1.42 bits per heavy atom. The summed E-state index contributed by atoms with van der Waals surface area (Å²) in [6.45, 7) is 1.51. The van der Waals surface area contributed by atoms with E-state index in [0.717, 1.165) is 25.1 Å². The highest BCUT2D eigenvalue weighted by Gasteiger charge is 2.27. The van der Waals surface area contributed by atoms with E-state index in [0.29, 0.717) is 12.1 Å². The number of amides is 1. The van der Waals surface area contributed by atoms with Crippen LogP contribution >= 0.6 is 0 Å². The van der Waals surface area contributed by atoms with Gasteiger partial charge in [-0.05, 0) is 37.1 Å². The fourth-order valence-electron chi connectivity index (χ4n) is 2.61. The van der Waals surface area contributed by atoms with Crippen LogP contribution in [-0.4, -0.2) is 38.3 Å². The molecule has 104 valence electrons. The van der Waals surface area contributed by atoms with Crippen molar-refractivity contribution in [2.75, 3.05) is 25.1 Å². The Morgan fingerprint density at radius 3 is 2.63 bits per heavy atom. The van der Waals surface area contributed by atoms with E-state index in [4.69, 9.17) is 16.2 Å². The van der Waals surface area contributed by atoms with E-state index in [-0.39, 0.29) is 12.1 Å². The quantitative estimate of drug-likeness (QED) is 0.839. The Hall–Kier alpha value is -1.59. The number of hydrogen-bond donors (Lipinski definition) is 2. The van der Waals surface area contributed by atoms with Crippen molar-refractivity contribution >= 4 is 11.6 Å². The molecule has 5 nitrogen and oxygen atoms in total. The van der Waals surface area contributed by atoms with Crippen LogP contribution < -0.4 is 16.4 Å². The molecule has 0 saturated carbocycles. The van der Waals surface area contributed by atoms with Crippen LogP contribution in [0.3, 0.4) is 0 Å². The van der Waals surface area contributed by atoms with Crippen molar-refractivity contribution in [3.63, 3.8) is 0 Å². The van der Waals surface area contributed by atoms with Crippen molar-refractivity contribution in [3.8, 4) is 0 Å². The van der Waals surface area contributed by atoms with Crippen LogP contribution in [0.5, 0.6) is 0 Å². The normalized spacial score (nSPS) is 23.4. The van der Waals surface area contributed by atoms with Gasteiger partial charge in [0.2, 0.25) is 5.91 Å². The highest BCUT2D eigenvalue weighted by Crippen LogP contribution is 2.26. The fraction of sp³-hybridized carbons (Fsp3) is 0.500. The summed E-state index contributed by atoms with van der Waals surface area (Å²) in [5, 5.41) is 0. The van der Waals surface area contributed by atoms with Crippen molar-refractivity contribution in [1.82, 2.24) is 0 Å². The summed E-state index contributed by atoms with van der Waals surface area (Å²) in [6.07, 6.45) is 2.21. The Balaban J connectivity index is 2.13. The Labute approximate surface area is 113 Å². The second-order valence-corrected chi connectivity index (χ2v) is 4.88. The van der Waals surface area contributed by atoms with E-state index in [1.165, 1.54) is 0 Å². The highest BCUT2D eigenvalue weighted by atomic mass is 16.5. The first kappa shape index (κ1) is 13.8. The number of anilines is 1. The maximum absolute atomic E-state index is 11.1. The summed E-state index contributed by atoms with van der Waals surface area (Å²) in [5.74, 6) is -0.403. The first-order valence-electron chi connectivity index (χ1n) is 6.55. The summed E-state index contributed by atoms with van der Waals surface area (Å²) >= 11 is 0. The molecule has 2 atom stereocenters. The molecule has 1 amide bonds. The topological polar surface area (TPSA) is 81.6 Å². The van der Waals surface area contributed by atoms with E-state index in [1.54, 1.807) is 19.2 Å². The van der Waals surface area contributed by atoms with Gasteiger partial charge in [0.25, 0.3) is 0 Å². The van der Waals surface area contributed by atoms with E-state index >= 15 is 0 Å². The van der Waals surface area contributed by atoms with Gasteiger partial charge in [-0.25, -0.2) is 0 Å². The van der Waals surface area contributed by atoms with Crippen molar-refractivity contribution in [2.45, 2.75) is 25.0 Å². The molecule has 1 heterocycles. The highest BCUT2D eigenvalue weighted by molar-refractivity contribution is 5.93. The smallest absolute Gasteiger partial charge is 0.248 e. The number of benzene rings is 1. The van der Waals surface area contributed by atoms with Crippen LogP contribution in [0.15, 0.2) is 24.3 Å². The fourth-order valence-corrected chi connectivity index (χ4v) is 2.61. The van der Waals surface area contributed by atoms with Gasteiger partial charge in [-0.3, -0.25) is 4.79 Å². The van der Waals surface area contributed by atoms with Gasteiger partial charge >= 0.3 is 0 Å².